The van der Waals surface area contributed by atoms with Crippen molar-refractivity contribution >= 4 is 23.0 Å². The Morgan fingerprint density at radius 2 is 2.29 bits per heavy atom. The van der Waals surface area contributed by atoms with E-state index in [1.54, 1.807) is 18.4 Å². The Bertz CT molecular complexity index is 486. The van der Waals surface area contributed by atoms with E-state index in [0.29, 0.717) is 17.4 Å². The molecule has 1 unspecified atom stereocenters. The van der Waals surface area contributed by atoms with E-state index in [9.17, 15) is 0 Å². The summed E-state index contributed by atoms with van der Waals surface area (Å²) >= 11 is 1.66. The van der Waals surface area contributed by atoms with Gasteiger partial charge in [0.1, 0.15) is 6.33 Å². The Morgan fingerprint density at radius 3 is 2.94 bits per heavy atom. The second kappa shape index (κ2) is 5.01. The summed E-state index contributed by atoms with van der Waals surface area (Å²) in [5, 5.41) is 7.39. The molecule has 0 radical (unpaired) electrons. The molecule has 0 aliphatic rings. The van der Waals surface area contributed by atoms with Crippen LogP contribution in [-0.2, 0) is 0 Å². The van der Waals surface area contributed by atoms with Gasteiger partial charge in [0.15, 0.2) is 11.6 Å². The van der Waals surface area contributed by atoms with Crippen molar-refractivity contribution in [3.8, 4) is 5.75 Å². The van der Waals surface area contributed by atoms with Gasteiger partial charge in [-0.05, 0) is 29.3 Å². The highest BCUT2D eigenvalue weighted by Gasteiger charge is 2.13. The molecule has 0 saturated heterocycles. The van der Waals surface area contributed by atoms with Crippen molar-refractivity contribution in [2.75, 3.05) is 18.2 Å². The van der Waals surface area contributed by atoms with E-state index in [1.807, 2.05) is 5.38 Å². The van der Waals surface area contributed by atoms with Gasteiger partial charge in [0, 0.05) is 0 Å². The fourth-order valence-electron chi connectivity index (χ4n) is 1.50. The zero-order valence-electron chi connectivity index (χ0n) is 9.68. The quantitative estimate of drug-likeness (QED) is 0.871. The first-order chi connectivity index (χ1) is 8.22. The molecule has 6 heteroatoms. The van der Waals surface area contributed by atoms with E-state index in [2.05, 4.69) is 33.7 Å². The highest BCUT2D eigenvalue weighted by atomic mass is 32.1. The number of nitrogens with one attached hydrogen (secondary N) is 1. The highest BCUT2D eigenvalue weighted by molar-refractivity contribution is 7.07. The van der Waals surface area contributed by atoms with Gasteiger partial charge in [-0.3, -0.25) is 0 Å². The van der Waals surface area contributed by atoms with Crippen molar-refractivity contribution in [1.29, 1.82) is 0 Å². The maximum absolute atomic E-state index is 5.71. The van der Waals surface area contributed by atoms with Crippen molar-refractivity contribution in [2.24, 2.45) is 0 Å². The molecule has 0 aliphatic carbocycles. The maximum Gasteiger partial charge on any atom is 0.203 e. The Balaban J connectivity index is 2.21. The van der Waals surface area contributed by atoms with Crippen LogP contribution in [0.4, 0.5) is 11.6 Å². The number of rotatable bonds is 4. The molecule has 17 heavy (non-hydrogen) atoms. The molecule has 3 N–H and O–H groups in total. The molecule has 0 amide bonds. The molecular formula is C11H14N4OS. The highest BCUT2D eigenvalue weighted by Crippen LogP contribution is 2.29. The largest absolute Gasteiger partial charge is 0.490 e. The molecule has 0 bridgehead atoms. The van der Waals surface area contributed by atoms with E-state index in [0.717, 1.165) is 0 Å². The minimum absolute atomic E-state index is 0.143. The van der Waals surface area contributed by atoms with Crippen LogP contribution in [0.15, 0.2) is 23.2 Å². The van der Waals surface area contributed by atoms with Gasteiger partial charge in [0.2, 0.25) is 5.75 Å². The summed E-state index contributed by atoms with van der Waals surface area (Å²) < 4.78 is 5.18. The van der Waals surface area contributed by atoms with Crippen molar-refractivity contribution < 1.29 is 4.74 Å². The lowest BCUT2D eigenvalue weighted by Crippen LogP contribution is -2.10. The average molecular weight is 250 g/mol. The molecule has 2 aromatic rings. The first kappa shape index (κ1) is 11.7. The number of thiophene rings is 1. The van der Waals surface area contributed by atoms with Gasteiger partial charge < -0.3 is 15.8 Å². The minimum atomic E-state index is 0.143. The van der Waals surface area contributed by atoms with Crippen LogP contribution in [0, 0.1) is 0 Å². The topological polar surface area (TPSA) is 73.1 Å². The number of nitrogens with two attached hydrogens (primary N) is 1. The van der Waals surface area contributed by atoms with Crippen molar-refractivity contribution in [3.63, 3.8) is 0 Å². The smallest absolute Gasteiger partial charge is 0.203 e. The van der Waals surface area contributed by atoms with Crippen molar-refractivity contribution in [2.45, 2.75) is 13.0 Å². The second-order valence-electron chi connectivity index (χ2n) is 3.56. The predicted molar refractivity (Wildman–Crippen MR) is 69.4 cm³/mol. The van der Waals surface area contributed by atoms with Gasteiger partial charge >= 0.3 is 0 Å². The molecule has 1 atom stereocenters. The number of anilines is 2. The zero-order valence-corrected chi connectivity index (χ0v) is 10.5. The molecule has 0 spiro atoms. The van der Waals surface area contributed by atoms with E-state index >= 15 is 0 Å². The summed E-state index contributed by atoms with van der Waals surface area (Å²) in [6.45, 7) is 2.06. The Hall–Kier alpha value is -1.82. The molecule has 0 aliphatic heterocycles. The number of aromatic nitrogens is 2. The van der Waals surface area contributed by atoms with Gasteiger partial charge in [-0.2, -0.15) is 11.3 Å². The fraction of sp³-hybridized carbons (Fsp3) is 0.273. The van der Waals surface area contributed by atoms with Crippen LogP contribution < -0.4 is 15.8 Å². The zero-order chi connectivity index (χ0) is 12.3. The average Bonchev–Trinajstić information content (AvgIpc) is 2.82. The minimum Gasteiger partial charge on any atom is -0.490 e. The lowest BCUT2D eigenvalue weighted by atomic mass is 10.2. The first-order valence-electron chi connectivity index (χ1n) is 5.15. The van der Waals surface area contributed by atoms with Crippen LogP contribution in [0.3, 0.4) is 0 Å². The van der Waals surface area contributed by atoms with Crippen LogP contribution in [-0.4, -0.2) is 17.1 Å². The Labute approximate surface area is 104 Å². The molecule has 0 aromatic carbocycles. The molecule has 5 nitrogen and oxygen atoms in total. The molecule has 0 saturated carbocycles. The molecule has 0 fully saturated rings. The van der Waals surface area contributed by atoms with Crippen molar-refractivity contribution in [3.05, 3.63) is 28.7 Å². The number of ether oxygens (including phenoxy) is 1. The first-order valence-corrected chi connectivity index (χ1v) is 6.09. The standard InChI is InChI=1S/C11H14N4OS/c1-7(8-3-4-17-5-8)15-11-9(16-2)10(12)13-6-14-11/h3-7H,1-2H3,(H3,12,13,14,15). The van der Waals surface area contributed by atoms with E-state index in [-0.39, 0.29) is 6.04 Å². The third-order valence-corrected chi connectivity index (χ3v) is 3.13. The SMILES string of the molecule is COc1c(N)ncnc1NC(C)c1ccsc1. The molecular weight excluding hydrogens is 236 g/mol. The fourth-order valence-corrected chi connectivity index (χ4v) is 2.26. The van der Waals surface area contributed by atoms with Crippen LogP contribution in [0.25, 0.3) is 0 Å². The van der Waals surface area contributed by atoms with Crippen LogP contribution >= 0.6 is 11.3 Å². The Kier molecular flexibility index (Phi) is 3.43. The normalized spacial score (nSPS) is 12.1. The Morgan fingerprint density at radius 1 is 1.47 bits per heavy atom. The lowest BCUT2D eigenvalue weighted by molar-refractivity contribution is 0.415. The summed E-state index contributed by atoms with van der Waals surface area (Å²) in [7, 11) is 1.55. The van der Waals surface area contributed by atoms with Gasteiger partial charge in [-0.1, -0.05) is 0 Å². The summed E-state index contributed by atoms with van der Waals surface area (Å²) in [5.41, 5.74) is 6.92. The van der Waals surface area contributed by atoms with E-state index < -0.39 is 0 Å². The number of nitrogens with zero attached hydrogens (tertiary/aromatic N) is 2. The van der Waals surface area contributed by atoms with Crippen LogP contribution in [0.1, 0.15) is 18.5 Å². The summed E-state index contributed by atoms with van der Waals surface area (Å²) in [6, 6.07) is 2.21. The van der Waals surface area contributed by atoms with Crippen molar-refractivity contribution in [1.82, 2.24) is 9.97 Å². The predicted octanol–water partition coefficient (Wildman–Crippen LogP) is 2.30. The molecule has 2 aromatic heterocycles. The monoisotopic (exact) mass is 250 g/mol. The number of nitrogen functional groups attached to an aromatic ring is 1. The third-order valence-electron chi connectivity index (χ3n) is 2.43. The molecule has 2 rings (SSSR count). The second-order valence-corrected chi connectivity index (χ2v) is 4.34. The summed E-state index contributed by atoms with van der Waals surface area (Å²) in [6.07, 6.45) is 1.42. The third kappa shape index (κ3) is 2.47. The number of hydrogen-bond acceptors (Lipinski definition) is 6. The maximum atomic E-state index is 5.71. The molecule has 90 valence electrons. The van der Waals surface area contributed by atoms with E-state index in [4.69, 9.17) is 10.5 Å². The van der Waals surface area contributed by atoms with Gasteiger partial charge in [-0.25, -0.2) is 9.97 Å². The lowest BCUT2D eigenvalue weighted by Gasteiger charge is -2.16. The summed E-state index contributed by atoms with van der Waals surface area (Å²) in [5.74, 6) is 1.43. The number of methoxy groups -OCH3 is 1. The van der Waals surface area contributed by atoms with Crippen LogP contribution in [0.2, 0.25) is 0 Å². The van der Waals surface area contributed by atoms with Gasteiger partial charge in [0.05, 0.1) is 13.2 Å². The van der Waals surface area contributed by atoms with Crippen LogP contribution in [0.5, 0.6) is 5.75 Å². The summed E-state index contributed by atoms with van der Waals surface area (Å²) in [4.78, 5) is 8.02. The van der Waals surface area contributed by atoms with Gasteiger partial charge in [-0.15, -0.1) is 0 Å². The molecule has 2 heterocycles. The van der Waals surface area contributed by atoms with E-state index in [1.165, 1.54) is 11.9 Å². The number of hydrogen-bond donors (Lipinski definition) is 2. The van der Waals surface area contributed by atoms with Gasteiger partial charge in [0.25, 0.3) is 0 Å².